The zero-order valence-electron chi connectivity index (χ0n) is 9.96. The normalized spacial score (nSPS) is 18.6. The molecule has 0 bridgehead atoms. The molecule has 1 aliphatic rings. The summed E-state index contributed by atoms with van der Waals surface area (Å²) < 4.78 is 5.19. The van der Waals surface area contributed by atoms with Gasteiger partial charge < -0.3 is 9.57 Å². The van der Waals surface area contributed by atoms with Crippen LogP contribution in [-0.2, 0) is 14.4 Å². The molecule has 0 aromatic heterocycles. The summed E-state index contributed by atoms with van der Waals surface area (Å²) >= 11 is 0. The first kappa shape index (κ1) is 12.1. The van der Waals surface area contributed by atoms with Gasteiger partial charge in [0.2, 0.25) is 0 Å². The van der Waals surface area contributed by atoms with E-state index >= 15 is 0 Å². The largest absolute Gasteiger partial charge is 0.379 e. The SMILES string of the molecule is CC(C(=O)ON1CCOCC1)c1ccccc1. The number of hydrogen-bond acceptors (Lipinski definition) is 4. The van der Waals surface area contributed by atoms with E-state index in [1.54, 1.807) is 5.06 Å². The second kappa shape index (κ2) is 5.80. The summed E-state index contributed by atoms with van der Waals surface area (Å²) in [4.78, 5) is 17.2. The molecule has 92 valence electrons. The molecule has 0 N–H and O–H groups in total. The first-order valence-electron chi connectivity index (χ1n) is 5.87. The van der Waals surface area contributed by atoms with E-state index in [2.05, 4.69) is 0 Å². The summed E-state index contributed by atoms with van der Waals surface area (Å²) in [6.45, 7) is 4.39. The fourth-order valence-corrected chi connectivity index (χ4v) is 1.72. The van der Waals surface area contributed by atoms with Gasteiger partial charge in [-0.2, -0.15) is 0 Å². The zero-order chi connectivity index (χ0) is 12.1. The van der Waals surface area contributed by atoms with E-state index in [-0.39, 0.29) is 11.9 Å². The van der Waals surface area contributed by atoms with Gasteiger partial charge in [-0.1, -0.05) is 30.3 Å². The number of hydroxylamine groups is 2. The molecule has 1 unspecified atom stereocenters. The van der Waals surface area contributed by atoms with Crippen LogP contribution in [-0.4, -0.2) is 37.3 Å². The van der Waals surface area contributed by atoms with Crippen molar-refractivity contribution in [1.29, 1.82) is 0 Å². The predicted octanol–water partition coefficient (Wildman–Crippen LogP) is 1.58. The number of rotatable bonds is 3. The monoisotopic (exact) mass is 235 g/mol. The summed E-state index contributed by atoms with van der Waals surface area (Å²) in [6, 6.07) is 9.65. The van der Waals surface area contributed by atoms with Gasteiger partial charge in [0.1, 0.15) is 0 Å². The van der Waals surface area contributed by atoms with Crippen LogP contribution in [0, 0.1) is 0 Å². The molecule has 0 radical (unpaired) electrons. The van der Waals surface area contributed by atoms with Crippen LogP contribution in [0.2, 0.25) is 0 Å². The molecular formula is C13H17NO3. The molecule has 2 rings (SSSR count). The Morgan fingerprint density at radius 2 is 1.94 bits per heavy atom. The van der Waals surface area contributed by atoms with Crippen molar-refractivity contribution in [1.82, 2.24) is 5.06 Å². The lowest BCUT2D eigenvalue weighted by Crippen LogP contribution is -2.38. The fraction of sp³-hybridized carbons (Fsp3) is 0.462. The molecule has 0 saturated carbocycles. The predicted molar refractivity (Wildman–Crippen MR) is 63.3 cm³/mol. The number of ether oxygens (including phenoxy) is 1. The highest BCUT2D eigenvalue weighted by molar-refractivity contribution is 5.77. The van der Waals surface area contributed by atoms with Crippen molar-refractivity contribution in [3.63, 3.8) is 0 Å². The number of nitrogens with zero attached hydrogens (tertiary/aromatic N) is 1. The van der Waals surface area contributed by atoms with E-state index in [0.717, 1.165) is 5.56 Å². The van der Waals surface area contributed by atoms with Crippen LogP contribution in [0.5, 0.6) is 0 Å². The third kappa shape index (κ3) is 3.28. The van der Waals surface area contributed by atoms with Gasteiger partial charge in [0.25, 0.3) is 0 Å². The van der Waals surface area contributed by atoms with Crippen LogP contribution in [0.25, 0.3) is 0 Å². The van der Waals surface area contributed by atoms with Crippen LogP contribution >= 0.6 is 0 Å². The van der Waals surface area contributed by atoms with Crippen molar-refractivity contribution in [2.75, 3.05) is 26.3 Å². The number of morpholine rings is 1. The van der Waals surface area contributed by atoms with E-state index in [4.69, 9.17) is 9.57 Å². The smallest absolute Gasteiger partial charge is 0.332 e. The van der Waals surface area contributed by atoms with Gasteiger partial charge in [-0.15, -0.1) is 5.06 Å². The minimum Gasteiger partial charge on any atom is -0.379 e. The van der Waals surface area contributed by atoms with Crippen LogP contribution in [0.1, 0.15) is 18.4 Å². The Morgan fingerprint density at radius 1 is 1.29 bits per heavy atom. The highest BCUT2D eigenvalue weighted by Gasteiger charge is 2.21. The Balaban J connectivity index is 1.91. The lowest BCUT2D eigenvalue weighted by atomic mass is 10.0. The van der Waals surface area contributed by atoms with Gasteiger partial charge in [-0.05, 0) is 12.5 Å². The Morgan fingerprint density at radius 3 is 2.59 bits per heavy atom. The number of hydrogen-bond donors (Lipinski definition) is 0. The van der Waals surface area contributed by atoms with Crippen LogP contribution in [0.15, 0.2) is 30.3 Å². The summed E-state index contributed by atoms with van der Waals surface area (Å²) in [5.41, 5.74) is 0.978. The second-order valence-corrected chi connectivity index (χ2v) is 4.08. The molecule has 0 amide bonds. The lowest BCUT2D eigenvalue weighted by Gasteiger charge is -2.26. The van der Waals surface area contributed by atoms with Crippen molar-refractivity contribution < 1.29 is 14.4 Å². The van der Waals surface area contributed by atoms with E-state index in [1.165, 1.54) is 0 Å². The zero-order valence-corrected chi connectivity index (χ0v) is 9.96. The van der Waals surface area contributed by atoms with Crippen LogP contribution < -0.4 is 0 Å². The number of benzene rings is 1. The maximum atomic E-state index is 11.9. The quantitative estimate of drug-likeness (QED) is 0.797. The van der Waals surface area contributed by atoms with E-state index < -0.39 is 0 Å². The molecule has 1 aromatic carbocycles. The lowest BCUT2D eigenvalue weighted by molar-refractivity contribution is -0.206. The summed E-state index contributed by atoms with van der Waals surface area (Å²) in [6.07, 6.45) is 0. The van der Waals surface area contributed by atoms with Gasteiger partial charge in [-0.25, -0.2) is 4.79 Å². The van der Waals surface area contributed by atoms with Gasteiger partial charge in [0, 0.05) is 0 Å². The van der Waals surface area contributed by atoms with Gasteiger partial charge in [0.05, 0.1) is 32.2 Å². The summed E-state index contributed by atoms with van der Waals surface area (Å²) in [5.74, 6) is -0.447. The minimum absolute atomic E-state index is 0.210. The summed E-state index contributed by atoms with van der Waals surface area (Å²) in [7, 11) is 0. The van der Waals surface area contributed by atoms with E-state index in [0.29, 0.717) is 26.3 Å². The molecule has 1 aliphatic heterocycles. The Bertz CT molecular complexity index is 360. The highest BCUT2D eigenvalue weighted by Crippen LogP contribution is 2.17. The minimum atomic E-state index is -0.237. The maximum absolute atomic E-state index is 11.9. The van der Waals surface area contributed by atoms with Crippen molar-refractivity contribution in [3.05, 3.63) is 35.9 Å². The molecule has 4 nitrogen and oxygen atoms in total. The Labute approximate surface area is 101 Å². The molecule has 1 heterocycles. The molecule has 0 spiro atoms. The van der Waals surface area contributed by atoms with Crippen LogP contribution in [0.4, 0.5) is 0 Å². The van der Waals surface area contributed by atoms with E-state index in [1.807, 2.05) is 37.3 Å². The van der Waals surface area contributed by atoms with Gasteiger partial charge in [0.15, 0.2) is 0 Å². The third-order valence-corrected chi connectivity index (χ3v) is 2.84. The molecule has 1 saturated heterocycles. The molecule has 4 heteroatoms. The number of carbonyl (C=O) groups excluding carboxylic acids is 1. The topological polar surface area (TPSA) is 38.8 Å². The Kier molecular flexibility index (Phi) is 4.12. The molecule has 1 aromatic rings. The van der Waals surface area contributed by atoms with Crippen molar-refractivity contribution in [3.8, 4) is 0 Å². The van der Waals surface area contributed by atoms with Crippen LogP contribution in [0.3, 0.4) is 0 Å². The summed E-state index contributed by atoms with van der Waals surface area (Å²) in [5, 5.41) is 1.67. The van der Waals surface area contributed by atoms with Gasteiger partial charge >= 0.3 is 5.97 Å². The van der Waals surface area contributed by atoms with Crippen molar-refractivity contribution in [2.45, 2.75) is 12.8 Å². The van der Waals surface area contributed by atoms with Gasteiger partial charge in [-0.3, -0.25) is 0 Å². The van der Waals surface area contributed by atoms with Crippen molar-refractivity contribution in [2.24, 2.45) is 0 Å². The average molecular weight is 235 g/mol. The average Bonchev–Trinajstić information content (AvgIpc) is 2.40. The first-order chi connectivity index (χ1) is 8.27. The maximum Gasteiger partial charge on any atom is 0.332 e. The molecule has 1 atom stereocenters. The second-order valence-electron chi connectivity index (χ2n) is 4.08. The molecule has 0 aliphatic carbocycles. The fourth-order valence-electron chi connectivity index (χ4n) is 1.72. The highest BCUT2D eigenvalue weighted by atomic mass is 16.7. The van der Waals surface area contributed by atoms with Crippen molar-refractivity contribution >= 4 is 5.97 Å². The number of carbonyl (C=O) groups is 1. The molecule has 17 heavy (non-hydrogen) atoms. The third-order valence-electron chi connectivity index (χ3n) is 2.84. The standard InChI is InChI=1S/C13H17NO3/c1-11(12-5-3-2-4-6-12)13(15)17-14-7-9-16-10-8-14/h2-6,11H,7-10H2,1H3. The Hall–Kier alpha value is -1.39. The molecule has 1 fully saturated rings. The first-order valence-corrected chi connectivity index (χ1v) is 5.87. The van der Waals surface area contributed by atoms with E-state index in [9.17, 15) is 4.79 Å². The molecular weight excluding hydrogens is 218 g/mol.